The molecule has 0 unspecified atom stereocenters. The fourth-order valence-electron chi connectivity index (χ4n) is 6.01. The van der Waals surface area contributed by atoms with Crippen LogP contribution >= 0.6 is 0 Å². The van der Waals surface area contributed by atoms with Gasteiger partial charge in [-0.3, -0.25) is 10.00 Å². The third-order valence-corrected chi connectivity index (χ3v) is 8.02. The number of hydrogen-bond donors (Lipinski definition) is 1. The molecular formula is C30H36F3N7. The summed E-state index contributed by atoms with van der Waals surface area (Å²) in [6.07, 6.45) is 0.470. The zero-order valence-electron chi connectivity index (χ0n) is 23.3. The average Bonchev–Trinajstić information content (AvgIpc) is 3.64. The largest absolute Gasteiger partial charge is 0.389 e. The second-order valence-electron chi connectivity index (χ2n) is 11.2. The molecule has 7 nitrogen and oxygen atoms in total. The first-order chi connectivity index (χ1) is 19.1. The maximum atomic E-state index is 13.0. The van der Waals surface area contributed by atoms with Gasteiger partial charge in [-0.05, 0) is 75.7 Å². The van der Waals surface area contributed by atoms with Crippen molar-refractivity contribution in [1.29, 1.82) is 5.26 Å². The van der Waals surface area contributed by atoms with Gasteiger partial charge in [-0.1, -0.05) is 6.07 Å². The molecule has 1 saturated heterocycles. The van der Waals surface area contributed by atoms with Crippen molar-refractivity contribution in [3.63, 3.8) is 0 Å². The van der Waals surface area contributed by atoms with Crippen LogP contribution in [-0.4, -0.2) is 62.5 Å². The third-order valence-electron chi connectivity index (χ3n) is 8.02. The van der Waals surface area contributed by atoms with E-state index in [1.54, 1.807) is 6.20 Å². The lowest BCUT2D eigenvalue weighted by Gasteiger charge is -2.35. The highest BCUT2D eigenvalue weighted by atomic mass is 19.4. The predicted octanol–water partition coefficient (Wildman–Crippen LogP) is 5.79. The maximum absolute atomic E-state index is 13.0. The number of rotatable bonds is 9. The monoisotopic (exact) mass is 551 g/mol. The van der Waals surface area contributed by atoms with E-state index in [9.17, 15) is 18.4 Å². The molecule has 4 aromatic rings. The van der Waals surface area contributed by atoms with Crippen molar-refractivity contribution >= 4 is 10.9 Å². The normalized spacial score (nSPS) is 15.3. The topological polar surface area (TPSA) is 68.8 Å². The van der Waals surface area contributed by atoms with Crippen LogP contribution in [0.5, 0.6) is 0 Å². The molecule has 0 saturated carbocycles. The molecule has 1 aliphatic heterocycles. The minimum Gasteiger partial charge on any atom is -0.344 e. The molecule has 0 aliphatic carbocycles. The molecule has 0 spiro atoms. The number of benzene rings is 1. The van der Waals surface area contributed by atoms with Crippen molar-refractivity contribution in [3.8, 4) is 6.07 Å². The summed E-state index contributed by atoms with van der Waals surface area (Å²) in [7, 11) is 3.97. The van der Waals surface area contributed by atoms with E-state index in [4.69, 9.17) is 0 Å². The van der Waals surface area contributed by atoms with Gasteiger partial charge in [0.25, 0.3) is 0 Å². The Hall–Kier alpha value is -3.55. The molecule has 1 N–H and O–H groups in total. The molecule has 0 radical (unpaired) electrons. The van der Waals surface area contributed by atoms with Crippen molar-refractivity contribution in [2.75, 3.05) is 27.2 Å². The van der Waals surface area contributed by atoms with Crippen LogP contribution < -0.4 is 0 Å². The highest BCUT2D eigenvalue weighted by molar-refractivity contribution is 5.86. The summed E-state index contributed by atoms with van der Waals surface area (Å²) in [5.41, 5.74) is 6.93. The standard InChI is InChI=1S/C30H36F3N7/c1-21-23(4-7-29-28(21)14-27(15-34)39(29)18-22-16-35-36-17-22)19-38-12-9-25(10-13-38)40-24(8-11-30(31,32)33)5-6-26(40)20-37(2)3/h4-7,14,16-17,25H,8-13,18-20H2,1-3H3,(H,35,36). The summed E-state index contributed by atoms with van der Waals surface area (Å²) in [4.78, 5) is 4.50. The third kappa shape index (κ3) is 6.11. The highest BCUT2D eigenvalue weighted by Crippen LogP contribution is 2.32. The smallest absolute Gasteiger partial charge is 0.344 e. The molecule has 0 atom stereocenters. The highest BCUT2D eigenvalue weighted by Gasteiger charge is 2.29. The zero-order valence-corrected chi connectivity index (χ0v) is 23.3. The second-order valence-corrected chi connectivity index (χ2v) is 11.2. The molecule has 0 bridgehead atoms. The zero-order chi connectivity index (χ0) is 28.4. The molecular weight excluding hydrogens is 515 g/mol. The van der Waals surface area contributed by atoms with Crippen LogP contribution in [0.25, 0.3) is 10.9 Å². The lowest BCUT2D eigenvalue weighted by Crippen LogP contribution is -2.35. The molecule has 40 heavy (non-hydrogen) atoms. The Morgan fingerprint density at radius 2 is 1.85 bits per heavy atom. The number of halogens is 3. The van der Waals surface area contributed by atoms with Crippen molar-refractivity contribution in [1.82, 2.24) is 29.1 Å². The van der Waals surface area contributed by atoms with Gasteiger partial charge in [-0.2, -0.15) is 23.5 Å². The van der Waals surface area contributed by atoms with Gasteiger partial charge in [0.05, 0.1) is 12.7 Å². The first-order valence-corrected chi connectivity index (χ1v) is 13.7. The fourth-order valence-corrected chi connectivity index (χ4v) is 6.01. The first-order valence-electron chi connectivity index (χ1n) is 13.7. The number of alkyl halides is 3. The Kier molecular flexibility index (Phi) is 8.06. The lowest BCUT2D eigenvalue weighted by atomic mass is 10.00. The number of aromatic nitrogens is 4. The van der Waals surface area contributed by atoms with Gasteiger partial charge in [0.2, 0.25) is 0 Å². The summed E-state index contributed by atoms with van der Waals surface area (Å²) in [6, 6.07) is 12.6. The number of aromatic amines is 1. The Balaban J connectivity index is 1.30. The molecule has 5 rings (SSSR count). The summed E-state index contributed by atoms with van der Waals surface area (Å²) >= 11 is 0. The van der Waals surface area contributed by atoms with Gasteiger partial charge >= 0.3 is 6.18 Å². The van der Waals surface area contributed by atoms with E-state index >= 15 is 0 Å². The van der Waals surface area contributed by atoms with E-state index in [1.165, 1.54) is 11.1 Å². The molecule has 4 heterocycles. The van der Waals surface area contributed by atoms with Crippen molar-refractivity contribution in [2.24, 2.45) is 0 Å². The summed E-state index contributed by atoms with van der Waals surface area (Å²) in [5.74, 6) is 0. The lowest BCUT2D eigenvalue weighted by molar-refractivity contribution is -0.134. The number of nitrogens with zero attached hydrogens (tertiary/aromatic N) is 6. The Labute approximate surface area is 232 Å². The van der Waals surface area contributed by atoms with E-state index < -0.39 is 12.6 Å². The van der Waals surface area contributed by atoms with E-state index in [2.05, 4.69) is 49.7 Å². The molecule has 1 fully saturated rings. The molecule has 0 amide bonds. The van der Waals surface area contributed by atoms with Crippen LogP contribution in [-0.2, 0) is 26.1 Å². The van der Waals surface area contributed by atoms with Gasteiger partial charge in [0.1, 0.15) is 11.8 Å². The van der Waals surface area contributed by atoms with Gasteiger partial charge in [-0.15, -0.1) is 0 Å². The molecule has 212 valence electrons. The minimum absolute atomic E-state index is 0.0152. The van der Waals surface area contributed by atoms with Crippen LogP contribution in [0.4, 0.5) is 13.2 Å². The maximum Gasteiger partial charge on any atom is 0.389 e. The Bertz CT molecular complexity index is 1480. The van der Waals surface area contributed by atoms with E-state index in [-0.39, 0.29) is 12.5 Å². The molecule has 1 aliphatic rings. The van der Waals surface area contributed by atoms with Crippen LogP contribution in [0.1, 0.15) is 59.1 Å². The summed E-state index contributed by atoms with van der Waals surface area (Å²) in [6.45, 7) is 5.97. The van der Waals surface area contributed by atoms with Gasteiger partial charge in [0, 0.05) is 72.7 Å². The number of piperidine rings is 1. The average molecular weight is 552 g/mol. The van der Waals surface area contributed by atoms with Crippen molar-refractivity contribution in [3.05, 3.63) is 76.5 Å². The van der Waals surface area contributed by atoms with E-state index in [0.29, 0.717) is 18.8 Å². The van der Waals surface area contributed by atoms with Crippen molar-refractivity contribution in [2.45, 2.75) is 64.5 Å². The number of nitrogens with one attached hydrogen (secondary N) is 1. The number of hydrogen-bond acceptors (Lipinski definition) is 4. The second kappa shape index (κ2) is 11.5. The molecule has 1 aromatic carbocycles. The Morgan fingerprint density at radius 1 is 1.10 bits per heavy atom. The van der Waals surface area contributed by atoms with Crippen LogP contribution in [0.15, 0.2) is 42.7 Å². The number of nitriles is 1. The fraction of sp³-hybridized carbons (Fsp3) is 0.467. The summed E-state index contributed by atoms with van der Waals surface area (Å²) in [5, 5.41) is 17.7. The number of H-pyrrole nitrogens is 1. The number of likely N-dealkylation sites (tertiary alicyclic amines) is 1. The summed E-state index contributed by atoms with van der Waals surface area (Å²) < 4.78 is 43.2. The minimum atomic E-state index is -4.16. The molecule has 3 aromatic heterocycles. The van der Waals surface area contributed by atoms with Crippen LogP contribution in [0, 0.1) is 18.3 Å². The predicted molar refractivity (Wildman–Crippen MR) is 149 cm³/mol. The van der Waals surface area contributed by atoms with Gasteiger partial charge in [-0.25, -0.2) is 0 Å². The van der Waals surface area contributed by atoms with Gasteiger partial charge in [0.15, 0.2) is 0 Å². The SMILES string of the molecule is Cc1c(CN2CCC(n3c(CCC(F)(F)F)ccc3CN(C)C)CC2)ccc2c1cc(C#N)n2Cc1cn[nH]c1. The number of fused-ring (bicyclic) bond motifs is 1. The Morgan fingerprint density at radius 3 is 2.50 bits per heavy atom. The van der Waals surface area contributed by atoms with Crippen LogP contribution in [0.2, 0.25) is 0 Å². The molecule has 10 heteroatoms. The van der Waals surface area contributed by atoms with E-state index in [0.717, 1.165) is 60.3 Å². The van der Waals surface area contributed by atoms with Crippen molar-refractivity contribution < 1.29 is 13.2 Å². The number of aryl methyl sites for hydroxylation is 2. The van der Waals surface area contributed by atoms with E-state index in [1.807, 2.05) is 43.1 Å². The first kappa shape index (κ1) is 28.0. The van der Waals surface area contributed by atoms with Gasteiger partial charge < -0.3 is 14.0 Å². The van der Waals surface area contributed by atoms with Crippen LogP contribution in [0.3, 0.4) is 0 Å². The quantitative estimate of drug-likeness (QED) is 0.286.